The maximum absolute atomic E-state index is 12.7. The standard InChI is InChI=1S/C12H13FN2O2S2/c1-9-14-8-11(18-9)6-7-15-19(16,17)12-4-2-10(13)3-5-12/h2-5,8,15H,6-7H2,1H3. The number of aryl methyl sites for hydroxylation is 1. The first-order valence-electron chi connectivity index (χ1n) is 5.64. The highest BCUT2D eigenvalue weighted by molar-refractivity contribution is 7.89. The number of hydrogen-bond donors (Lipinski definition) is 1. The van der Waals surface area contributed by atoms with Crippen LogP contribution in [0.1, 0.15) is 9.88 Å². The van der Waals surface area contributed by atoms with Crippen LogP contribution in [0.3, 0.4) is 0 Å². The number of aromatic nitrogens is 1. The third kappa shape index (κ3) is 3.82. The lowest BCUT2D eigenvalue weighted by molar-refractivity contribution is 0.581. The van der Waals surface area contributed by atoms with Crippen molar-refractivity contribution in [1.29, 1.82) is 0 Å². The molecular formula is C12H13FN2O2S2. The summed E-state index contributed by atoms with van der Waals surface area (Å²) in [6, 6.07) is 4.74. The van der Waals surface area contributed by atoms with E-state index in [4.69, 9.17) is 0 Å². The molecule has 0 spiro atoms. The van der Waals surface area contributed by atoms with Crippen molar-refractivity contribution in [1.82, 2.24) is 9.71 Å². The lowest BCUT2D eigenvalue weighted by Crippen LogP contribution is -2.25. The van der Waals surface area contributed by atoms with Crippen molar-refractivity contribution in [3.05, 3.63) is 46.2 Å². The van der Waals surface area contributed by atoms with E-state index in [0.717, 1.165) is 22.0 Å². The molecule has 0 radical (unpaired) electrons. The van der Waals surface area contributed by atoms with Gasteiger partial charge < -0.3 is 0 Å². The summed E-state index contributed by atoms with van der Waals surface area (Å²) in [6.45, 7) is 2.19. The molecule has 1 N–H and O–H groups in total. The predicted octanol–water partition coefficient (Wildman–Crippen LogP) is 2.11. The fourth-order valence-corrected chi connectivity index (χ4v) is 3.35. The predicted molar refractivity (Wildman–Crippen MR) is 72.1 cm³/mol. The minimum absolute atomic E-state index is 0.0642. The summed E-state index contributed by atoms with van der Waals surface area (Å²) in [5.74, 6) is -0.459. The van der Waals surface area contributed by atoms with E-state index < -0.39 is 15.8 Å². The normalized spacial score (nSPS) is 11.7. The Bertz CT molecular complexity index is 651. The zero-order valence-corrected chi connectivity index (χ0v) is 11.9. The van der Waals surface area contributed by atoms with Gasteiger partial charge in [-0.05, 0) is 37.6 Å². The Hall–Kier alpha value is -1.31. The van der Waals surface area contributed by atoms with E-state index in [9.17, 15) is 12.8 Å². The van der Waals surface area contributed by atoms with Crippen molar-refractivity contribution in [2.75, 3.05) is 6.54 Å². The third-order valence-electron chi connectivity index (χ3n) is 2.46. The topological polar surface area (TPSA) is 59.1 Å². The summed E-state index contributed by atoms with van der Waals surface area (Å²) >= 11 is 1.54. The number of halogens is 1. The Morgan fingerprint density at radius 2 is 2.00 bits per heavy atom. The fraction of sp³-hybridized carbons (Fsp3) is 0.250. The van der Waals surface area contributed by atoms with Crippen molar-refractivity contribution in [2.24, 2.45) is 0 Å². The monoisotopic (exact) mass is 300 g/mol. The molecule has 0 atom stereocenters. The number of thiazole rings is 1. The lowest BCUT2D eigenvalue weighted by atomic mass is 10.4. The van der Waals surface area contributed by atoms with Gasteiger partial charge in [-0.2, -0.15) is 0 Å². The molecule has 0 amide bonds. The Balaban J connectivity index is 1.96. The average Bonchev–Trinajstić information content (AvgIpc) is 2.75. The quantitative estimate of drug-likeness (QED) is 0.920. The van der Waals surface area contributed by atoms with Crippen LogP contribution in [-0.2, 0) is 16.4 Å². The molecule has 0 aliphatic heterocycles. The SMILES string of the molecule is Cc1ncc(CCNS(=O)(=O)c2ccc(F)cc2)s1. The number of nitrogens with zero attached hydrogens (tertiary/aromatic N) is 1. The minimum atomic E-state index is -3.57. The minimum Gasteiger partial charge on any atom is -0.250 e. The van der Waals surface area contributed by atoms with Gasteiger partial charge in [0.1, 0.15) is 5.82 Å². The molecule has 4 nitrogen and oxygen atoms in total. The molecule has 102 valence electrons. The molecule has 1 heterocycles. The zero-order valence-electron chi connectivity index (χ0n) is 10.3. The fourth-order valence-electron chi connectivity index (χ4n) is 1.53. The van der Waals surface area contributed by atoms with Gasteiger partial charge in [0.15, 0.2) is 0 Å². The van der Waals surface area contributed by atoms with E-state index >= 15 is 0 Å². The molecule has 0 saturated heterocycles. The molecule has 19 heavy (non-hydrogen) atoms. The van der Waals surface area contributed by atoms with Gasteiger partial charge in [0.2, 0.25) is 10.0 Å². The highest BCUT2D eigenvalue weighted by atomic mass is 32.2. The molecule has 2 rings (SSSR count). The van der Waals surface area contributed by atoms with Crippen molar-refractivity contribution in [2.45, 2.75) is 18.2 Å². The van der Waals surface area contributed by atoms with Crippen molar-refractivity contribution >= 4 is 21.4 Å². The van der Waals surface area contributed by atoms with E-state index in [1.54, 1.807) is 17.5 Å². The van der Waals surface area contributed by atoms with Gasteiger partial charge in [-0.3, -0.25) is 0 Å². The molecule has 2 aromatic rings. The highest BCUT2D eigenvalue weighted by Gasteiger charge is 2.13. The molecule has 1 aromatic carbocycles. The van der Waals surface area contributed by atoms with Crippen LogP contribution in [0.25, 0.3) is 0 Å². The molecular weight excluding hydrogens is 287 g/mol. The van der Waals surface area contributed by atoms with Crippen LogP contribution in [0.15, 0.2) is 35.4 Å². The van der Waals surface area contributed by atoms with Gasteiger partial charge in [-0.1, -0.05) is 0 Å². The Labute approximate surface area is 115 Å². The van der Waals surface area contributed by atoms with Gasteiger partial charge >= 0.3 is 0 Å². The second-order valence-corrected chi connectivity index (χ2v) is 7.03. The van der Waals surface area contributed by atoms with Crippen LogP contribution < -0.4 is 4.72 Å². The second kappa shape index (κ2) is 5.77. The largest absolute Gasteiger partial charge is 0.250 e. The molecule has 1 aromatic heterocycles. The van der Waals surface area contributed by atoms with Gasteiger partial charge in [0.25, 0.3) is 0 Å². The third-order valence-corrected chi connectivity index (χ3v) is 4.91. The van der Waals surface area contributed by atoms with Crippen LogP contribution in [0.2, 0.25) is 0 Å². The second-order valence-electron chi connectivity index (χ2n) is 3.95. The van der Waals surface area contributed by atoms with Gasteiger partial charge in [-0.15, -0.1) is 11.3 Å². The first-order chi connectivity index (χ1) is 8.97. The Morgan fingerprint density at radius 3 is 2.58 bits per heavy atom. The molecule has 0 aliphatic carbocycles. The van der Waals surface area contributed by atoms with Crippen LogP contribution in [0.5, 0.6) is 0 Å². The summed E-state index contributed by atoms with van der Waals surface area (Å²) in [4.78, 5) is 5.19. The zero-order chi connectivity index (χ0) is 13.9. The van der Waals surface area contributed by atoms with E-state index in [0.29, 0.717) is 13.0 Å². The van der Waals surface area contributed by atoms with E-state index in [1.165, 1.54) is 12.1 Å². The van der Waals surface area contributed by atoms with E-state index in [-0.39, 0.29) is 4.90 Å². The number of benzene rings is 1. The molecule has 0 unspecified atom stereocenters. The van der Waals surface area contributed by atoms with Crippen LogP contribution in [0, 0.1) is 12.7 Å². The number of sulfonamides is 1. The van der Waals surface area contributed by atoms with Crippen LogP contribution in [0.4, 0.5) is 4.39 Å². The smallest absolute Gasteiger partial charge is 0.240 e. The molecule has 0 bridgehead atoms. The summed E-state index contributed by atoms with van der Waals surface area (Å²) in [5, 5.41) is 0.955. The van der Waals surface area contributed by atoms with Crippen LogP contribution in [-0.4, -0.2) is 19.9 Å². The summed E-state index contributed by atoms with van der Waals surface area (Å²) < 4.78 is 39.0. The molecule has 0 fully saturated rings. The maximum Gasteiger partial charge on any atom is 0.240 e. The first-order valence-corrected chi connectivity index (χ1v) is 7.94. The number of rotatable bonds is 5. The lowest BCUT2D eigenvalue weighted by Gasteiger charge is -2.05. The van der Waals surface area contributed by atoms with Crippen LogP contribution >= 0.6 is 11.3 Å². The summed E-state index contributed by atoms with van der Waals surface area (Å²) in [7, 11) is -3.57. The average molecular weight is 300 g/mol. The maximum atomic E-state index is 12.7. The van der Waals surface area contributed by atoms with Crippen molar-refractivity contribution < 1.29 is 12.8 Å². The van der Waals surface area contributed by atoms with Gasteiger partial charge in [0, 0.05) is 17.6 Å². The molecule has 7 heteroatoms. The summed E-state index contributed by atoms with van der Waals surface area (Å²) in [6.07, 6.45) is 2.33. The van der Waals surface area contributed by atoms with Crippen molar-refractivity contribution in [3.63, 3.8) is 0 Å². The van der Waals surface area contributed by atoms with E-state index in [1.807, 2.05) is 6.92 Å². The number of nitrogens with one attached hydrogen (secondary N) is 1. The first kappa shape index (κ1) is 14.1. The van der Waals surface area contributed by atoms with Crippen molar-refractivity contribution in [3.8, 4) is 0 Å². The Morgan fingerprint density at radius 1 is 1.32 bits per heavy atom. The van der Waals surface area contributed by atoms with Gasteiger partial charge in [-0.25, -0.2) is 22.5 Å². The summed E-state index contributed by atoms with van der Waals surface area (Å²) in [5.41, 5.74) is 0. The number of hydrogen-bond acceptors (Lipinski definition) is 4. The van der Waals surface area contributed by atoms with Gasteiger partial charge in [0.05, 0.1) is 9.90 Å². The Kier molecular flexibility index (Phi) is 4.28. The van der Waals surface area contributed by atoms with E-state index in [2.05, 4.69) is 9.71 Å². The molecule has 0 saturated carbocycles. The molecule has 0 aliphatic rings. The highest BCUT2D eigenvalue weighted by Crippen LogP contribution is 2.13.